The number of hydrogen-bond donors (Lipinski definition) is 0. The molecule has 0 aliphatic rings. The van der Waals surface area contributed by atoms with Crippen LogP contribution < -0.4 is 0 Å². The van der Waals surface area contributed by atoms with Crippen molar-refractivity contribution in [1.82, 2.24) is 19.7 Å². The second kappa shape index (κ2) is 4.93. The Labute approximate surface area is 136 Å². The summed E-state index contributed by atoms with van der Waals surface area (Å²) >= 11 is 12.6. The Kier molecular flexibility index (Phi) is 3.03. The first-order valence-corrected chi connectivity index (χ1v) is 7.46. The highest BCUT2D eigenvalue weighted by Crippen LogP contribution is 2.34. The van der Waals surface area contributed by atoms with E-state index in [1.807, 2.05) is 37.3 Å². The molecule has 0 radical (unpaired) electrons. The van der Waals surface area contributed by atoms with Gasteiger partial charge in [0.2, 0.25) is 0 Å². The van der Waals surface area contributed by atoms with Gasteiger partial charge in [0.25, 0.3) is 0 Å². The van der Waals surface area contributed by atoms with E-state index in [4.69, 9.17) is 28.2 Å². The van der Waals surface area contributed by atoms with Crippen molar-refractivity contribution in [3.8, 4) is 5.82 Å². The van der Waals surface area contributed by atoms with Crippen molar-refractivity contribution < 1.29 is 0 Å². The van der Waals surface area contributed by atoms with Gasteiger partial charge in [0.05, 0.1) is 21.6 Å². The zero-order chi connectivity index (χ0) is 15.3. The number of aromatic nitrogens is 4. The molecule has 0 bridgehead atoms. The second-order valence-electron chi connectivity index (χ2n) is 4.97. The highest BCUT2D eigenvalue weighted by atomic mass is 35.5. The van der Waals surface area contributed by atoms with E-state index in [2.05, 4.69) is 10.1 Å². The van der Waals surface area contributed by atoms with Gasteiger partial charge < -0.3 is 0 Å². The van der Waals surface area contributed by atoms with Crippen LogP contribution in [0.2, 0.25) is 10.0 Å². The van der Waals surface area contributed by atoms with Crippen molar-refractivity contribution in [1.29, 1.82) is 0 Å². The van der Waals surface area contributed by atoms with Crippen LogP contribution >= 0.6 is 23.2 Å². The predicted molar refractivity (Wildman–Crippen MR) is 88.9 cm³/mol. The van der Waals surface area contributed by atoms with Crippen LogP contribution in [0.3, 0.4) is 0 Å². The molecule has 1 aromatic carbocycles. The quantitative estimate of drug-likeness (QED) is 0.513. The maximum atomic E-state index is 6.58. The van der Waals surface area contributed by atoms with E-state index >= 15 is 0 Å². The summed E-state index contributed by atoms with van der Waals surface area (Å²) in [6, 6.07) is 11.1. The molecule has 0 spiro atoms. The molecular weight excluding hydrogens is 319 g/mol. The van der Waals surface area contributed by atoms with Crippen LogP contribution in [-0.4, -0.2) is 19.7 Å². The van der Waals surface area contributed by atoms with Gasteiger partial charge in [0.15, 0.2) is 11.5 Å². The standard InChI is InChI=1S/C16H10Cl2N4/c1-9-14-15(18)11-8-10(17)5-6-12(11)20-16(14)22(21-9)13-4-2-3-7-19-13/h2-8H,1H3. The Balaban J connectivity index is 2.14. The molecule has 3 heterocycles. The minimum absolute atomic E-state index is 0.613. The Morgan fingerprint density at radius 1 is 1.09 bits per heavy atom. The van der Waals surface area contributed by atoms with Crippen LogP contribution in [-0.2, 0) is 0 Å². The minimum Gasteiger partial charge on any atom is -0.237 e. The summed E-state index contributed by atoms with van der Waals surface area (Å²) in [5.41, 5.74) is 2.27. The molecular formula is C16H10Cl2N4. The van der Waals surface area contributed by atoms with Crippen molar-refractivity contribution >= 4 is 45.1 Å². The Hall–Kier alpha value is -2.17. The van der Waals surface area contributed by atoms with Crippen molar-refractivity contribution in [2.45, 2.75) is 6.92 Å². The molecule has 4 nitrogen and oxygen atoms in total. The maximum Gasteiger partial charge on any atom is 0.167 e. The molecule has 22 heavy (non-hydrogen) atoms. The number of rotatable bonds is 1. The van der Waals surface area contributed by atoms with Gasteiger partial charge in [0, 0.05) is 16.6 Å². The van der Waals surface area contributed by atoms with Crippen LogP contribution in [0.25, 0.3) is 27.8 Å². The highest BCUT2D eigenvalue weighted by Gasteiger charge is 2.17. The van der Waals surface area contributed by atoms with E-state index in [1.54, 1.807) is 16.9 Å². The van der Waals surface area contributed by atoms with E-state index in [9.17, 15) is 0 Å². The molecule has 4 rings (SSSR count). The smallest absolute Gasteiger partial charge is 0.167 e. The SMILES string of the molecule is Cc1nn(-c2ccccn2)c2nc3ccc(Cl)cc3c(Cl)c12. The number of pyridine rings is 2. The number of nitrogens with zero attached hydrogens (tertiary/aromatic N) is 4. The van der Waals surface area contributed by atoms with Crippen molar-refractivity contribution in [2.24, 2.45) is 0 Å². The minimum atomic E-state index is 0.613. The summed E-state index contributed by atoms with van der Waals surface area (Å²) in [7, 11) is 0. The number of benzene rings is 1. The van der Waals surface area contributed by atoms with Gasteiger partial charge in [-0.15, -0.1) is 0 Å². The fourth-order valence-electron chi connectivity index (χ4n) is 2.54. The lowest BCUT2D eigenvalue weighted by atomic mass is 10.1. The van der Waals surface area contributed by atoms with Gasteiger partial charge in [-0.2, -0.15) is 9.78 Å². The summed E-state index contributed by atoms with van der Waals surface area (Å²) in [4.78, 5) is 9.03. The number of aryl methyl sites for hydroxylation is 1. The number of hydrogen-bond acceptors (Lipinski definition) is 3. The van der Waals surface area contributed by atoms with Gasteiger partial charge in [-0.3, -0.25) is 0 Å². The van der Waals surface area contributed by atoms with E-state index in [0.29, 0.717) is 21.5 Å². The molecule has 0 fully saturated rings. The summed E-state index contributed by atoms with van der Waals surface area (Å²) in [6.45, 7) is 1.91. The van der Waals surface area contributed by atoms with Gasteiger partial charge in [-0.1, -0.05) is 29.3 Å². The zero-order valence-electron chi connectivity index (χ0n) is 11.6. The van der Waals surface area contributed by atoms with Crippen LogP contribution in [0.1, 0.15) is 5.69 Å². The lowest BCUT2D eigenvalue weighted by Crippen LogP contribution is -2.00. The molecule has 0 aliphatic heterocycles. The van der Waals surface area contributed by atoms with Gasteiger partial charge >= 0.3 is 0 Å². The van der Waals surface area contributed by atoms with Crippen LogP contribution in [0, 0.1) is 6.92 Å². The molecule has 0 aliphatic carbocycles. The molecule has 108 valence electrons. The number of fused-ring (bicyclic) bond motifs is 2. The fourth-order valence-corrected chi connectivity index (χ4v) is 3.09. The largest absolute Gasteiger partial charge is 0.237 e. The first kappa shape index (κ1) is 13.5. The first-order valence-electron chi connectivity index (χ1n) is 6.70. The monoisotopic (exact) mass is 328 g/mol. The molecule has 0 atom stereocenters. The Bertz CT molecular complexity index is 1010. The zero-order valence-corrected chi connectivity index (χ0v) is 13.1. The molecule has 0 N–H and O–H groups in total. The molecule has 3 aromatic heterocycles. The molecule has 0 amide bonds. The third-order valence-electron chi connectivity index (χ3n) is 3.54. The van der Waals surface area contributed by atoms with Crippen molar-refractivity contribution in [3.63, 3.8) is 0 Å². The topological polar surface area (TPSA) is 43.6 Å². The lowest BCUT2D eigenvalue weighted by Gasteiger charge is -2.05. The predicted octanol–water partition coefficient (Wildman–Crippen LogP) is 4.58. The average Bonchev–Trinajstić information content (AvgIpc) is 2.86. The van der Waals surface area contributed by atoms with Crippen molar-refractivity contribution in [2.75, 3.05) is 0 Å². The average molecular weight is 329 g/mol. The molecule has 0 unspecified atom stereocenters. The summed E-state index contributed by atoms with van der Waals surface area (Å²) in [5.74, 6) is 0.706. The van der Waals surface area contributed by atoms with E-state index in [-0.39, 0.29) is 0 Å². The fraction of sp³-hybridized carbons (Fsp3) is 0.0625. The third kappa shape index (κ3) is 1.95. The molecule has 4 aromatic rings. The van der Waals surface area contributed by atoms with Gasteiger partial charge in [0.1, 0.15) is 0 Å². The van der Waals surface area contributed by atoms with E-state index in [1.165, 1.54) is 0 Å². The maximum absolute atomic E-state index is 6.58. The number of halogens is 2. The summed E-state index contributed by atoms with van der Waals surface area (Å²) in [6.07, 6.45) is 1.72. The Morgan fingerprint density at radius 3 is 2.73 bits per heavy atom. The normalized spacial score (nSPS) is 11.4. The molecule has 0 saturated heterocycles. The summed E-state index contributed by atoms with van der Waals surface area (Å²) in [5, 5.41) is 7.43. The van der Waals surface area contributed by atoms with Crippen LogP contribution in [0.15, 0.2) is 42.6 Å². The third-order valence-corrected chi connectivity index (χ3v) is 4.17. The summed E-state index contributed by atoms with van der Waals surface area (Å²) < 4.78 is 1.71. The lowest BCUT2D eigenvalue weighted by molar-refractivity contribution is 0.849. The molecule has 6 heteroatoms. The van der Waals surface area contributed by atoms with Crippen LogP contribution in [0.4, 0.5) is 0 Å². The van der Waals surface area contributed by atoms with Crippen LogP contribution in [0.5, 0.6) is 0 Å². The van der Waals surface area contributed by atoms with Gasteiger partial charge in [-0.05, 0) is 37.3 Å². The van der Waals surface area contributed by atoms with E-state index in [0.717, 1.165) is 22.0 Å². The van der Waals surface area contributed by atoms with E-state index < -0.39 is 0 Å². The highest BCUT2D eigenvalue weighted by molar-refractivity contribution is 6.41. The molecule has 0 saturated carbocycles. The van der Waals surface area contributed by atoms with Crippen molar-refractivity contribution in [3.05, 3.63) is 58.3 Å². The van der Waals surface area contributed by atoms with Gasteiger partial charge in [-0.25, -0.2) is 9.97 Å². The Morgan fingerprint density at radius 2 is 1.95 bits per heavy atom. The second-order valence-corrected chi connectivity index (χ2v) is 5.79. The first-order chi connectivity index (χ1) is 10.6.